The summed E-state index contributed by atoms with van der Waals surface area (Å²) >= 11 is 0. The fourth-order valence-electron chi connectivity index (χ4n) is 2.00. The summed E-state index contributed by atoms with van der Waals surface area (Å²) in [4.78, 5) is 27.6. The molecule has 2 rings (SSSR count). The molecule has 0 saturated carbocycles. The van der Waals surface area contributed by atoms with Crippen molar-refractivity contribution >= 4 is 0 Å². The highest BCUT2D eigenvalue weighted by molar-refractivity contribution is 5.02. The number of hydrogen-bond donors (Lipinski definition) is 1. The third-order valence-corrected chi connectivity index (χ3v) is 3.38. The van der Waals surface area contributed by atoms with E-state index in [0.717, 1.165) is 23.4 Å². The van der Waals surface area contributed by atoms with Gasteiger partial charge in [-0.1, -0.05) is 0 Å². The summed E-state index contributed by atoms with van der Waals surface area (Å²) in [6.07, 6.45) is 4.46. The Kier molecular flexibility index (Phi) is 4.19. The van der Waals surface area contributed by atoms with Gasteiger partial charge in [0, 0.05) is 64.8 Å². The second-order valence-corrected chi connectivity index (χ2v) is 4.76. The van der Waals surface area contributed by atoms with Crippen LogP contribution in [0.5, 0.6) is 0 Å². The minimum absolute atomic E-state index is 0.283. The van der Waals surface area contributed by atoms with Gasteiger partial charge in [-0.05, 0) is 0 Å². The van der Waals surface area contributed by atoms with Crippen LogP contribution in [-0.4, -0.2) is 25.2 Å². The van der Waals surface area contributed by atoms with Crippen molar-refractivity contribution in [3.63, 3.8) is 0 Å². The van der Waals surface area contributed by atoms with Crippen molar-refractivity contribution in [2.75, 3.05) is 6.54 Å². The average Bonchev–Trinajstić information content (AvgIpc) is 2.83. The van der Waals surface area contributed by atoms with E-state index in [2.05, 4.69) is 10.3 Å². The Morgan fingerprint density at radius 1 is 1.20 bits per heavy atom. The number of imidazole rings is 1. The minimum atomic E-state index is -0.307. The van der Waals surface area contributed by atoms with Gasteiger partial charge >= 0.3 is 5.69 Å². The van der Waals surface area contributed by atoms with Crippen LogP contribution in [0, 0.1) is 0 Å². The first-order valence-electron chi connectivity index (χ1n) is 6.43. The largest absolute Gasteiger partial charge is 0.338 e. The Morgan fingerprint density at radius 3 is 2.60 bits per heavy atom. The molecule has 0 aliphatic heterocycles. The van der Waals surface area contributed by atoms with E-state index < -0.39 is 0 Å². The molecule has 2 heterocycles. The Hall–Kier alpha value is -2.15. The fourth-order valence-corrected chi connectivity index (χ4v) is 2.00. The van der Waals surface area contributed by atoms with Crippen molar-refractivity contribution in [2.24, 2.45) is 21.1 Å². The SMILES string of the molecule is Cn1ccnc1CCNCc1cc(=O)n(C)c(=O)n1C. The van der Waals surface area contributed by atoms with Crippen molar-refractivity contribution in [1.29, 1.82) is 0 Å². The number of hydrogen-bond acceptors (Lipinski definition) is 4. The molecular weight excluding hydrogens is 258 g/mol. The maximum atomic E-state index is 11.8. The Bertz CT molecular complexity index is 710. The first-order valence-corrected chi connectivity index (χ1v) is 6.43. The average molecular weight is 277 g/mol. The molecule has 108 valence electrons. The quantitative estimate of drug-likeness (QED) is 0.723. The summed E-state index contributed by atoms with van der Waals surface area (Å²) in [7, 11) is 5.09. The molecule has 1 N–H and O–H groups in total. The van der Waals surface area contributed by atoms with Gasteiger partial charge in [-0.15, -0.1) is 0 Å². The molecule has 0 fully saturated rings. The maximum absolute atomic E-state index is 11.8. The fraction of sp³-hybridized carbons (Fsp3) is 0.462. The Balaban J connectivity index is 1.97. The minimum Gasteiger partial charge on any atom is -0.338 e. The molecule has 2 aromatic rings. The highest BCUT2D eigenvalue weighted by atomic mass is 16.2. The second kappa shape index (κ2) is 5.87. The van der Waals surface area contributed by atoms with Crippen LogP contribution >= 0.6 is 0 Å². The number of aryl methyl sites for hydroxylation is 1. The lowest BCUT2D eigenvalue weighted by Crippen LogP contribution is -2.39. The van der Waals surface area contributed by atoms with Crippen LogP contribution in [0.25, 0.3) is 0 Å². The van der Waals surface area contributed by atoms with Gasteiger partial charge in [0.25, 0.3) is 5.56 Å². The Morgan fingerprint density at radius 2 is 1.95 bits per heavy atom. The smallest absolute Gasteiger partial charge is 0.330 e. The van der Waals surface area contributed by atoms with Crippen molar-refractivity contribution in [2.45, 2.75) is 13.0 Å². The molecule has 0 saturated heterocycles. The normalized spacial score (nSPS) is 10.9. The zero-order valence-electron chi connectivity index (χ0n) is 12.0. The van der Waals surface area contributed by atoms with E-state index >= 15 is 0 Å². The van der Waals surface area contributed by atoms with Gasteiger partial charge in [-0.2, -0.15) is 0 Å². The molecule has 7 heteroatoms. The molecule has 0 bridgehead atoms. The van der Waals surface area contributed by atoms with Gasteiger partial charge in [0.05, 0.1) is 0 Å². The van der Waals surface area contributed by atoms with Crippen LogP contribution in [0.4, 0.5) is 0 Å². The molecule has 0 aliphatic rings. The molecule has 0 unspecified atom stereocenters. The second-order valence-electron chi connectivity index (χ2n) is 4.76. The summed E-state index contributed by atoms with van der Waals surface area (Å²) in [5, 5.41) is 3.22. The van der Waals surface area contributed by atoms with E-state index in [1.54, 1.807) is 13.2 Å². The van der Waals surface area contributed by atoms with Gasteiger partial charge in [-0.25, -0.2) is 9.78 Å². The molecule has 0 aliphatic carbocycles. The van der Waals surface area contributed by atoms with Crippen molar-refractivity contribution in [1.82, 2.24) is 24.0 Å². The summed E-state index contributed by atoms with van der Waals surface area (Å²) < 4.78 is 4.54. The molecule has 2 aromatic heterocycles. The Labute approximate surface area is 116 Å². The van der Waals surface area contributed by atoms with Gasteiger partial charge in [0.2, 0.25) is 0 Å². The van der Waals surface area contributed by atoms with E-state index in [-0.39, 0.29) is 11.2 Å². The topological polar surface area (TPSA) is 73.8 Å². The standard InChI is InChI=1S/C13H19N5O2/c1-16-7-6-15-11(16)4-5-14-9-10-8-12(19)18(3)13(20)17(10)2/h6-8,14H,4-5,9H2,1-3H3. The van der Waals surface area contributed by atoms with Crippen LogP contribution in [-0.2, 0) is 34.1 Å². The van der Waals surface area contributed by atoms with Gasteiger partial charge in [-0.3, -0.25) is 13.9 Å². The lowest BCUT2D eigenvalue weighted by Gasteiger charge is -2.10. The van der Waals surface area contributed by atoms with Gasteiger partial charge in [0.15, 0.2) is 0 Å². The molecule has 0 aromatic carbocycles. The van der Waals surface area contributed by atoms with E-state index in [0.29, 0.717) is 12.2 Å². The highest BCUT2D eigenvalue weighted by Crippen LogP contribution is 1.95. The van der Waals surface area contributed by atoms with Gasteiger partial charge in [0.1, 0.15) is 5.82 Å². The summed E-state index contributed by atoms with van der Waals surface area (Å²) in [6, 6.07) is 1.48. The first-order chi connectivity index (χ1) is 9.50. The van der Waals surface area contributed by atoms with Crippen LogP contribution in [0.15, 0.2) is 28.0 Å². The zero-order valence-corrected chi connectivity index (χ0v) is 12.0. The third kappa shape index (κ3) is 2.88. The first kappa shape index (κ1) is 14.3. The summed E-state index contributed by atoms with van der Waals surface area (Å²) in [5.74, 6) is 0.996. The number of nitrogens with zero attached hydrogens (tertiary/aromatic N) is 4. The summed E-state index contributed by atoms with van der Waals surface area (Å²) in [6.45, 7) is 1.21. The predicted octanol–water partition coefficient (Wildman–Crippen LogP) is -0.850. The van der Waals surface area contributed by atoms with E-state index in [4.69, 9.17) is 0 Å². The lowest BCUT2D eigenvalue weighted by molar-refractivity contribution is 0.593. The molecule has 0 spiro atoms. The van der Waals surface area contributed by atoms with Crippen LogP contribution in [0.1, 0.15) is 11.5 Å². The van der Waals surface area contributed by atoms with Crippen molar-refractivity contribution in [3.8, 4) is 0 Å². The van der Waals surface area contributed by atoms with Crippen LogP contribution in [0.2, 0.25) is 0 Å². The lowest BCUT2D eigenvalue weighted by atomic mass is 10.3. The predicted molar refractivity (Wildman–Crippen MR) is 75.5 cm³/mol. The number of rotatable bonds is 5. The van der Waals surface area contributed by atoms with E-state index in [1.165, 1.54) is 17.7 Å². The maximum Gasteiger partial charge on any atom is 0.330 e. The van der Waals surface area contributed by atoms with E-state index in [9.17, 15) is 9.59 Å². The van der Waals surface area contributed by atoms with Crippen LogP contribution < -0.4 is 16.6 Å². The zero-order chi connectivity index (χ0) is 14.7. The molecular formula is C13H19N5O2. The highest BCUT2D eigenvalue weighted by Gasteiger charge is 2.05. The van der Waals surface area contributed by atoms with Crippen LogP contribution in [0.3, 0.4) is 0 Å². The molecule has 0 radical (unpaired) electrons. The molecule has 7 nitrogen and oxygen atoms in total. The number of aromatic nitrogens is 4. The van der Waals surface area contributed by atoms with Gasteiger partial charge < -0.3 is 9.88 Å². The summed E-state index contributed by atoms with van der Waals surface area (Å²) in [5.41, 5.74) is 0.0883. The third-order valence-electron chi connectivity index (χ3n) is 3.38. The molecule has 0 atom stereocenters. The van der Waals surface area contributed by atoms with E-state index in [1.807, 2.05) is 17.8 Å². The monoisotopic (exact) mass is 277 g/mol. The van der Waals surface area contributed by atoms with Crippen molar-refractivity contribution < 1.29 is 0 Å². The number of nitrogens with one attached hydrogen (secondary N) is 1. The molecule has 20 heavy (non-hydrogen) atoms. The molecule has 0 amide bonds. The van der Waals surface area contributed by atoms with Crippen molar-refractivity contribution in [3.05, 3.63) is 50.8 Å².